The number of carbonyl (C=O) groups excluding carboxylic acids is 2. The number of nitrogens with zero attached hydrogens (tertiary/aromatic N) is 5. The molecule has 0 atom stereocenters. The van der Waals surface area contributed by atoms with Gasteiger partial charge in [0.05, 0.1) is 19.0 Å². The lowest BCUT2D eigenvalue weighted by Crippen LogP contribution is -2.39. The lowest BCUT2D eigenvalue weighted by atomic mass is 9.93. The van der Waals surface area contributed by atoms with Crippen LogP contribution in [0.2, 0.25) is 0 Å². The highest BCUT2D eigenvalue weighted by atomic mass is 16.5. The molecule has 1 aliphatic carbocycles. The summed E-state index contributed by atoms with van der Waals surface area (Å²) in [6.07, 6.45) is 6.72. The number of ether oxygens (including phenoxy) is 1. The fourth-order valence-corrected chi connectivity index (χ4v) is 5.47. The quantitative estimate of drug-likeness (QED) is 0.513. The molecule has 0 unspecified atom stereocenters. The van der Waals surface area contributed by atoms with E-state index in [9.17, 15) is 9.59 Å². The number of hydrogen-bond acceptors (Lipinski definition) is 8. The van der Waals surface area contributed by atoms with Crippen molar-refractivity contribution in [2.75, 3.05) is 63.0 Å². The Morgan fingerprint density at radius 1 is 1.24 bits per heavy atom. The minimum atomic E-state index is -0.155. The first-order chi connectivity index (χ1) is 18.1. The molecule has 2 aromatic rings. The summed E-state index contributed by atoms with van der Waals surface area (Å²) >= 11 is 0. The molecule has 0 radical (unpaired) electrons. The summed E-state index contributed by atoms with van der Waals surface area (Å²) in [5, 5.41) is 6.32. The summed E-state index contributed by atoms with van der Waals surface area (Å²) in [5.74, 6) is 1.63. The fraction of sp³-hybridized carbons (Fsp3) is 0.571. The van der Waals surface area contributed by atoms with Gasteiger partial charge in [0, 0.05) is 44.7 Å². The summed E-state index contributed by atoms with van der Waals surface area (Å²) in [6.45, 7) is 6.31. The number of carbonyl (C=O) groups is 2. The molecular formula is C28H41N7O3. The van der Waals surface area contributed by atoms with E-state index < -0.39 is 0 Å². The smallest absolute Gasteiger partial charge is 0.251 e. The van der Waals surface area contributed by atoms with Crippen LogP contribution in [0, 0.1) is 5.41 Å². The number of aromatic nitrogens is 2. The zero-order valence-electron chi connectivity index (χ0n) is 23.5. The number of hydrogen-bond donors (Lipinski definition) is 2. The van der Waals surface area contributed by atoms with E-state index in [4.69, 9.17) is 9.72 Å². The van der Waals surface area contributed by atoms with Gasteiger partial charge in [0.2, 0.25) is 11.9 Å². The molecule has 2 heterocycles. The van der Waals surface area contributed by atoms with Gasteiger partial charge >= 0.3 is 0 Å². The van der Waals surface area contributed by atoms with E-state index in [0.717, 1.165) is 25.2 Å². The van der Waals surface area contributed by atoms with Gasteiger partial charge in [0.25, 0.3) is 5.91 Å². The van der Waals surface area contributed by atoms with E-state index in [-0.39, 0.29) is 17.2 Å². The Bertz CT molecular complexity index is 1160. The van der Waals surface area contributed by atoms with E-state index in [1.807, 2.05) is 14.1 Å². The molecule has 0 spiro atoms. The van der Waals surface area contributed by atoms with Gasteiger partial charge in [0.1, 0.15) is 11.4 Å². The minimum Gasteiger partial charge on any atom is -0.495 e. The van der Waals surface area contributed by atoms with Crippen LogP contribution in [0.1, 0.15) is 56.3 Å². The molecular weight excluding hydrogens is 482 g/mol. The molecule has 10 heteroatoms. The summed E-state index contributed by atoms with van der Waals surface area (Å²) < 4.78 is 5.56. The Labute approximate surface area is 225 Å². The van der Waals surface area contributed by atoms with Crippen molar-refractivity contribution in [2.24, 2.45) is 5.41 Å². The Morgan fingerprint density at radius 2 is 1.97 bits per heavy atom. The van der Waals surface area contributed by atoms with Crippen molar-refractivity contribution in [3.63, 3.8) is 0 Å². The topological polar surface area (TPSA) is 103 Å². The molecule has 2 amide bonds. The average molecular weight is 524 g/mol. The maximum absolute atomic E-state index is 13.0. The molecule has 1 saturated carbocycles. The van der Waals surface area contributed by atoms with Gasteiger partial charge in [-0.2, -0.15) is 4.98 Å². The zero-order chi connectivity index (χ0) is 27.4. The molecule has 1 aromatic heterocycles. The molecule has 10 nitrogen and oxygen atoms in total. The Kier molecular flexibility index (Phi) is 8.40. The van der Waals surface area contributed by atoms with Crippen LogP contribution < -0.4 is 25.2 Å². The van der Waals surface area contributed by atoms with Crippen molar-refractivity contribution in [1.82, 2.24) is 20.2 Å². The monoisotopic (exact) mass is 523 g/mol. The normalized spacial score (nSPS) is 16.4. The highest BCUT2D eigenvalue weighted by molar-refractivity contribution is 5.97. The summed E-state index contributed by atoms with van der Waals surface area (Å²) in [4.78, 5) is 41.1. The lowest BCUT2D eigenvalue weighted by Gasteiger charge is -2.30. The van der Waals surface area contributed by atoms with Gasteiger partial charge in [0.15, 0.2) is 5.82 Å². The van der Waals surface area contributed by atoms with E-state index in [1.54, 1.807) is 43.5 Å². The van der Waals surface area contributed by atoms with Gasteiger partial charge in [-0.1, -0.05) is 26.7 Å². The number of methoxy groups -OCH3 is 1. The number of benzene rings is 1. The van der Waals surface area contributed by atoms with Crippen LogP contribution in [0.15, 0.2) is 24.4 Å². The van der Waals surface area contributed by atoms with Crippen molar-refractivity contribution in [1.29, 1.82) is 0 Å². The largest absolute Gasteiger partial charge is 0.495 e. The highest BCUT2D eigenvalue weighted by Gasteiger charge is 2.32. The first-order valence-electron chi connectivity index (χ1n) is 13.4. The molecule has 2 N–H and O–H groups in total. The molecule has 0 saturated heterocycles. The molecule has 1 aromatic carbocycles. The minimum absolute atomic E-state index is 0.0604. The number of amides is 2. The van der Waals surface area contributed by atoms with Crippen molar-refractivity contribution >= 4 is 35.0 Å². The van der Waals surface area contributed by atoms with Crippen LogP contribution in [0.3, 0.4) is 0 Å². The van der Waals surface area contributed by atoms with Crippen LogP contribution >= 0.6 is 0 Å². The number of nitrogens with one attached hydrogen (secondary N) is 2. The van der Waals surface area contributed by atoms with E-state index >= 15 is 0 Å². The first-order valence-corrected chi connectivity index (χ1v) is 13.4. The highest BCUT2D eigenvalue weighted by Crippen LogP contribution is 2.37. The van der Waals surface area contributed by atoms with Crippen molar-refractivity contribution in [3.8, 4) is 5.75 Å². The van der Waals surface area contributed by atoms with Gasteiger partial charge in [-0.3, -0.25) is 9.59 Å². The second-order valence-electron chi connectivity index (χ2n) is 11.4. The molecule has 206 valence electrons. The molecule has 1 fully saturated rings. The second-order valence-corrected chi connectivity index (χ2v) is 11.4. The van der Waals surface area contributed by atoms with Crippen LogP contribution in [-0.2, 0) is 4.79 Å². The predicted octanol–water partition coefficient (Wildman–Crippen LogP) is 3.66. The van der Waals surface area contributed by atoms with Crippen molar-refractivity contribution < 1.29 is 14.3 Å². The number of fused-ring (bicyclic) bond motifs is 1. The maximum atomic E-state index is 13.0. The van der Waals surface area contributed by atoms with Gasteiger partial charge < -0.3 is 30.1 Å². The molecule has 2 aliphatic rings. The third kappa shape index (κ3) is 6.35. The summed E-state index contributed by atoms with van der Waals surface area (Å²) in [7, 11) is 7.42. The van der Waals surface area contributed by atoms with Crippen LogP contribution in [0.5, 0.6) is 5.75 Å². The Morgan fingerprint density at radius 3 is 2.66 bits per heavy atom. The predicted molar refractivity (Wildman–Crippen MR) is 151 cm³/mol. The van der Waals surface area contributed by atoms with Crippen LogP contribution in [0.4, 0.5) is 23.1 Å². The average Bonchev–Trinajstić information content (AvgIpc) is 3.37. The van der Waals surface area contributed by atoms with Crippen molar-refractivity contribution in [2.45, 2.75) is 52.0 Å². The summed E-state index contributed by atoms with van der Waals surface area (Å²) in [6, 6.07) is 5.64. The lowest BCUT2D eigenvalue weighted by molar-refractivity contribution is -0.118. The van der Waals surface area contributed by atoms with Crippen LogP contribution in [-0.4, -0.2) is 80.6 Å². The first kappa shape index (κ1) is 27.6. The van der Waals surface area contributed by atoms with Gasteiger partial charge in [-0.15, -0.1) is 0 Å². The summed E-state index contributed by atoms with van der Waals surface area (Å²) in [5.41, 5.74) is 1.76. The van der Waals surface area contributed by atoms with E-state index in [2.05, 4.69) is 39.3 Å². The number of anilines is 4. The second kappa shape index (κ2) is 11.6. The Balaban J connectivity index is 1.58. The van der Waals surface area contributed by atoms with Gasteiger partial charge in [-0.05, 0) is 50.6 Å². The third-order valence-corrected chi connectivity index (χ3v) is 7.27. The standard InChI is InChI=1S/C28H41N7O3/c1-28(2,18-33(3)4)17-30-26(37)19-11-12-23(38-6)21(15-19)31-27-29-16-22-25(32-27)35(20-9-7-8-10-20)14-13-24(36)34(22)5/h11-12,15-16,20H,7-10,13-14,17-18H2,1-6H3,(H,30,37)(H,29,31,32). The van der Waals surface area contributed by atoms with Crippen LogP contribution in [0.25, 0.3) is 0 Å². The molecule has 38 heavy (non-hydrogen) atoms. The van der Waals surface area contributed by atoms with Crippen molar-refractivity contribution in [3.05, 3.63) is 30.0 Å². The van der Waals surface area contributed by atoms with Gasteiger partial charge in [-0.25, -0.2) is 4.98 Å². The molecule has 0 bridgehead atoms. The maximum Gasteiger partial charge on any atom is 0.251 e. The number of rotatable bonds is 9. The molecule has 1 aliphatic heterocycles. The zero-order valence-corrected chi connectivity index (χ0v) is 23.5. The van der Waals surface area contributed by atoms with E-state index in [0.29, 0.717) is 54.2 Å². The SMILES string of the molecule is COc1ccc(C(=O)NCC(C)(C)CN(C)C)cc1Nc1ncc2c(n1)N(C1CCCC1)CCC(=O)N2C. The molecule has 4 rings (SSSR count). The Hall–Kier alpha value is -3.40. The van der Waals surface area contributed by atoms with E-state index in [1.165, 1.54) is 12.8 Å². The third-order valence-electron chi connectivity index (χ3n) is 7.27. The fourth-order valence-electron chi connectivity index (χ4n) is 5.47.